The number of pyridine rings is 1. The third-order valence-electron chi connectivity index (χ3n) is 7.35. The summed E-state index contributed by atoms with van der Waals surface area (Å²) in [5.74, 6) is 0. The second-order valence-electron chi connectivity index (χ2n) is 9.58. The molecule has 2 aliphatic carbocycles. The van der Waals surface area contributed by atoms with Gasteiger partial charge in [-0.3, -0.25) is 4.98 Å². The molecule has 37 heavy (non-hydrogen) atoms. The zero-order chi connectivity index (χ0) is 24.8. The highest BCUT2D eigenvalue weighted by atomic mass is 15.1. The van der Waals surface area contributed by atoms with Gasteiger partial charge in [0.25, 0.3) is 0 Å². The normalized spacial score (nSPS) is 13.5. The molecule has 7 rings (SSSR count). The molecule has 4 aromatic carbocycles. The van der Waals surface area contributed by atoms with E-state index in [0.717, 1.165) is 29.9 Å². The maximum absolute atomic E-state index is 9.30. The highest BCUT2D eigenvalue weighted by Crippen LogP contribution is 2.43. The van der Waals surface area contributed by atoms with Gasteiger partial charge in [-0.25, -0.2) is 0 Å². The Morgan fingerprint density at radius 3 is 2.03 bits per heavy atom. The molecule has 0 atom stereocenters. The molecule has 0 saturated carbocycles. The van der Waals surface area contributed by atoms with Gasteiger partial charge in [-0.05, 0) is 99.3 Å². The molecule has 0 radical (unpaired) electrons. The number of hydrogen-bond donors (Lipinski definition) is 0. The van der Waals surface area contributed by atoms with E-state index in [9.17, 15) is 5.26 Å². The van der Waals surface area contributed by atoms with Crippen LogP contribution >= 0.6 is 0 Å². The number of anilines is 2. The minimum absolute atomic E-state index is 0.664. The molecule has 174 valence electrons. The fourth-order valence-electron chi connectivity index (χ4n) is 5.70. The van der Waals surface area contributed by atoms with Crippen LogP contribution in [0.2, 0.25) is 0 Å². The van der Waals surface area contributed by atoms with Crippen LogP contribution in [0.15, 0.2) is 109 Å². The van der Waals surface area contributed by atoms with E-state index in [0.29, 0.717) is 5.56 Å². The molecule has 1 heterocycles. The lowest BCUT2D eigenvalue weighted by Gasteiger charge is -2.31. The molecule has 0 aliphatic heterocycles. The van der Waals surface area contributed by atoms with E-state index in [-0.39, 0.29) is 0 Å². The van der Waals surface area contributed by atoms with Crippen molar-refractivity contribution in [2.45, 2.75) is 12.8 Å². The standard InChI is InChI=1S/C34H23N3/c35-22-23-9-15-30(16-10-23)37(29-6-2-1-3-7-29)31-20-26-13-11-24-18-28(32-8-4-5-17-36-32)19-25-12-14-27(21-31)34(26)33(24)25/h1-18,20H,19,21H2. The molecule has 0 unspecified atom stereocenters. The number of nitriles is 1. The molecule has 1 aromatic heterocycles. The summed E-state index contributed by atoms with van der Waals surface area (Å²) in [4.78, 5) is 6.91. The minimum Gasteiger partial charge on any atom is -0.314 e. The van der Waals surface area contributed by atoms with Gasteiger partial charge >= 0.3 is 0 Å². The van der Waals surface area contributed by atoms with Crippen molar-refractivity contribution in [2.24, 2.45) is 0 Å². The fraction of sp³-hybridized carbons (Fsp3) is 0.0588. The molecule has 3 nitrogen and oxygen atoms in total. The smallest absolute Gasteiger partial charge is 0.0991 e. The Morgan fingerprint density at radius 2 is 1.32 bits per heavy atom. The van der Waals surface area contributed by atoms with E-state index >= 15 is 0 Å². The second-order valence-corrected chi connectivity index (χ2v) is 9.58. The van der Waals surface area contributed by atoms with Crippen molar-refractivity contribution in [3.63, 3.8) is 0 Å². The van der Waals surface area contributed by atoms with Crippen molar-refractivity contribution >= 4 is 39.9 Å². The van der Waals surface area contributed by atoms with Crippen molar-refractivity contribution < 1.29 is 0 Å². The van der Waals surface area contributed by atoms with Crippen LogP contribution in [-0.2, 0) is 12.8 Å². The average Bonchev–Trinajstić information content (AvgIpc) is 2.97. The van der Waals surface area contributed by atoms with Crippen LogP contribution < -0.4 is 4.90 Å². The molecule has 0 spiro atoms. The molecule has 2 aliphatic rings. The lowest BCUT2D eigenvalue weighted by atomic mass is 9.81. The van der Waals surface area contributed by atoms with Crippen LogP contribution in [0.4, 0.5) is 11.4 Å². The lowest BCUT2D eigenvalue weighted by Crippen LogP contribution is -2.20. The number of benzene rings is 4. The third-order valence-corrected chi connectivity index (χ3v) is 7.35. The molecule has 5 aromatic rings. The van der Waals surface area contributed by atoms with Crippen molar-refractivity contribution in [2.75, 3.05) is 4.90 Å². The lowest BCUT2D eigenvalue weighted by molar-refractivity contribution is 1.05. The van der Waals surface area contributed by atoms with Crippen molar-refractivity contribution in [1.82, 2.24) is 4.98 Å². The Labute approximate surface area is 216 Å². The number of para-hydroxylation sites is 1. The van der Waals surface area contributed by atoms with Crippen LogP contribution in [0.5, 0.6) is 0 Å². The summed E-state index contributed by atoms with van der Waals surface area (Å²) in [6.07, 6.45) is 8.23. The maximum atomic E-state index is 9.30. The van der Waals surface area contributed by atoms with Gasteiger partial charge < -0.3 is 4.90 Å². The summed E-state index contributed by atoms with van der Waals surface area (Å²) in [6.45, 7) is 0. The first kappa shape index (κ1) is 21.4. The number of allylic oxidation sites excluding steroid dienone is 2. The first-order chi connectivity index (χ1) is 18.3. The van der Waals surface area contributed by atoms with Gasteiger partial charge in [-0.2, -0.15) is 5.26 Å². The summed E-state index contributed by atoms with van der Waals surface area (Å²) < 4.78 is 0. The topological polar surface area (TPSA) is 39.9 Å². The third kappa shape index (κ3) is 3.63. The Hall–Kier alpha value is -4.94. The Balaban J connectivity index is 1.37. The number of hydrogen-bond acceptors (Lipinski definition) is 3. The molecule has 0 bridgehead atoms. The first-order valence-electron chi connectivity index (χ1n) is 12.5. The molecular formula is C34H23N3. The zero-order valence-corrected chi connectivity index (χ0v) is 20.2. The first-order valence-corrected chi connectivity index (χ1v) is 12.5. The Bertz CT molecular complexity index is 1760. The predicted molar refractivity (Wildman–Crippen MR) is 151 cm³/mol. The highest BCUT2D eigenvalue weighted by Gasteiger charge is 2.24. The number of aromatic nitrogens is 1. The molecule has 0 N–H and O–H groups in total. The number of rotatable bonds is 4. The quantitative estimate of drug-likeness (QED) is 0.266. The predicted octanol–water partition coefficient (Wildman–Crippen LogP) is 7.94. The van der Waals surface area contributed by atoms with Gasteiger partial charge in [0, 0.05) is 36.1 Å². The largest absolute Gasteiger partial charge is 0.314 e. The maximum Gasteiger partial charge on any atom is 0.0991 e. The van der Waals surface area contributed by atoms with Crippen LogP contribution in [0, 0.1) is 11.3 Å². The van der Waals surface area contributed by atoms with E-state index in [2.05, 4.69) is 88.8 Å². The van der Waals surface area contributed by atoms with Crippen molar-refractivity contribution in [1.29, 1.82) is 5.26 Å². The molecule has 0 fully saturated rings. The van der Waals surface area contributed by atoms with E-state index in [1.54, 1.807) is 0 Å². The van der Waals surface area contributed by atoms with Crippen LogP contribution in [0.1, 0.15) is 33.5 Å². The van der Waals surface area contributed by atoms with Gasteiger partial charge in [-0.1, -0.05) is 48.5 Å². The van der Waals surface area contributed by atoms with Crippen LogP contribution in [-0.4, -0.2) is 4.98 Å². The minimum atomic E-state index is 0.664. The van der Waals surface area contributed by atoms with Gasteiger partial charge in [-0.15, -0.1) is 0 Å². The molecule has 3 heteroatoms. The van der Waals surface area contributed by atoms with E-state index < -0.39 is 0 Å². The molecular weight excluding hydrogens is 450 g/mol. The summed E-state index contributed by atoms with van der Waals surface area (Å²) >= 11 is 0. The second kappa shape index (κ2) is 8.62. The Morgan fingerprint density at radius 1 is 0.649 bits per heavy atom. The SMILES string of the molecule is N#Cc1ccc(N(C2=Cc3ccc4c5c(ccc(c35)C2)CC(c2ccccn2)=C4)c2ccccc2)cc1. The van der Waals surface area contributed by atoms with E-state index in [4.69, 9.17) is 0 Å². The van der Waals surface area contributed by atoms with Gasteiger partial charge in [0.05, 0.1) is 17.3 Å². The zero-order valence-electron chi connectivity index (χ0n) is 20.2. The van der Waals surface area contributed by atoms with Crippen LogP contribution in [0.3, 0.4) is 0 Å². The van der Waals surface area contributed by atoms with Crippen molar-refractivity contribution in [3.8, 4) is 6.07 Å². The highest BCUT2D eigenvalue weighted by molar-refractivity contribution is 6.07. The fourth-order valence-corrected chi connectivity index (χ4v) is 5.70. The van der Waals surface area contributed by atoms with E-state index in [1.165, 1.54) is 44.3 Å². The average molecular weight is 474 g/mol. The van der Waals surface area contributed by atoms with Gasteiger partial charge in [0.2, 0.25) is 0 Å². The molecule has 0 saturated heterocycles. The summed E-state index contributed by atoms with van der Waals surface area (Å²) in [7, 11) is 0. The van der Waals surface area contributed by atoms with Crippen molar-refractivity contribution in [3.05, 3.63) is 142 Å². The summed E-state index contributed by atoms with van der Waals surface area (Å²) in [6, 6.07) is 35.8. The Kier molecular flexibility index (Phi) is 4.97. The van der Waals surface area contributed by atoms with E-state index in [1.807, 2.05) is 42.6 Å². The van der Waals surface area contributed by atoms with Crippen LogP contribution in [0.25, 0.3) is 28.5 Å². The summed E-state index contributed by atoms with van der Waals surface area (Å²) in [5.41, 5.74) is 11.6. The molecule has 0 amide bonds. The monoisotopic (exact) mass is 473 g/mol. The number of nitrogens with zero attached hydrogens (tertiary/aromatic N) is 3. The van der Waals surface area contributed by atoms with Gasteiger partial charge in [0.1, 0.15) is 0 Å². The summed E-state index contributed by atoms with van der Waals surface area (Å²) in [5, 5.41) is 12.0. The van der Waals surface area contributed by atoms with Gasteiger partial charge in [0.15, 0.2) is 0 Å².